The van der Waals surface area contributed by atoms with Gasteiger partial charge in [0.2, 0.25) is 0 Å². The highest BCUT2D eigenvalue weighted by molar-refractivity contribution is 5.46. The van der Waals surface area contributed by atoms with Gasteiger partial charge in [-0.05, 0) is 62.0 Å². The minimum absolute atomic E-state index is 0.699. The second-order valence-electron chi connectivity index (χ2n) is 7.69. The summed E-state index contributed by atoms with van der Waals surface area (Å²) in [5, 5.41) is 3.81. The van der Waals surface area contributed by atoms with E-state index in [0.29, 0.717) is 6.04 Å². The van der Waals surface area contributed by atoms with Crippen molar-refractivity contribution >= 4 is 5.69 Å². The molecule has 0 amide bonds. The van der Waals surface area contributed by atoms with Gasteiger partial charge in [0.1, 0.15) is 0 Å². The zero-order chi connectivity index (χ0) is 17.1. The van der Waals surface area contributed by atoms with Gasteiger partial charge in [-0.2, -0.15) is 0 Å². The molecule has 2 aromatic rings. The Hall–Kier alpha value is -1.84. The smallest absolute Gasteiger partial charge is 0.0359 e. The van der Waals surface area contributed by atoms with Gasteiger partial charge in [-0.1, -0.05) is 48.5 Å². The fourth-order valence-corrected chi connectivity index (χ4v) is 4.08. The maximum Gasteiger partial charge on any atom is 0.0359 e. The summed E-state index contributed by atoms with van der Waals surface area (Å²) in [4.78, 5) is 2.55. The van der Waals surface area contributed by atoms with Crippen molar-refractivity contribution < 1.29 is 0 Å². The predicted octanol–water partition coefficient (Wildman–Crippen LogP) is 3.63. The van der Waals surface area contributed by atoms with Gasteiger partial charge in [-0.15, -0.1) is 0 Å². The minimum Gasteiger partial charge on any atom is -0.398 e. The van der Waals surface area contributed by atoms with Gasteiger partial charge in [0, 0.05) is 24.2 Å². The molecule has 3 nitrogen and oxygen atoms in total. The zero-order valence-electron chi connectivity index (χ0n) is 14.9. The number of benzene rings is 2. The molecule has 0 radical (unpaired) electrons. The van der Waals surface area contributed by atoms with Crippen LogP contribution in [0, 0.1) is 5.92 Å². The molecule has 1 aliphatic heterocycles. The quantitative estimate of drug-likeness (QED) is 0.792. The molecule has 3 heteroatoms. The van der Waals surface area contributed by atoms with E-state index in [1.165, 1.54) is 50.0 Å². The van der Waals surface area contributed by atoms with E-state index in [1.807, 2.05) is 12.1 Å². The van der Waals surface area contributed by atoms with Crippen molar-refractivity contribution in [2.75, 3.05) is 25.4 Å². The molecule has 1 heterocycles. The summed E-state index contributed by atoms with van der Waals surface area (Å²) >= 11 is 0. The van der Waals surface area contributed by atoms with Crippen LogP contribution in [0.15, 0.2) is 54.6 Å². The van der Waals surface area contributed by atoms with Crippen molar-refractivity contribution in [1.82, 2.24) is 10.2 Å². The summed E-state index contributed by atoms with van der Waals surface area (Å²) < 4.78 is 0. The second-order valence-corrected chi connectivity index (χ2v) is 7.69. The first-order chi connectivity index (χ1) is 12.3. The molecule has 25 heavy (non-hydrogen) atoms. The van der Waals surface area contributed by atoms with Crippen LogP contribution in [0.3, 0.4) is 0 Å². The molecule has 4 rings (SSSR count). The first-order valence-corrected chi connectivity index (χ1v) is 9.63. The number of piperidine rings is 1. The molecule has 132 valence electrons. The van der Waals surface area contributed by atoms with Crippen molar-refractivity contribution in [1.29, 1.82) is 0 Å². The highest BCUT2D eigenvalue weighted by Crippen LogP contribution is 2.40. The number of para-hydroxylation sites is 1. The summed E-state index contributed by atoms with van der Waals surface area (Å²) in [6.07, 6.45) is 3.89. The van der Waals surface area contributed by atoms with E-state index in [4.69, 9.17) is 5.73 Å². The largest absolute Gasteiger partial charge is 0.398 e. The van der Waals surface area contributed by atoms with Gasteiger partial charge >= 0.3 is 0 Å². The monoisotopic (exact) mass is 335 g/mol. The Morgan fingerprint density at radius 3 is 2.44 bits per heavy atom. The van der Waals surface area contributed by atoms with Gasteiger partial charge < -0.3 is 11.1 Å². The third-order valence-corrected chi connectivity index (χ3v) is 5.84. The lowest BCUT2D eigenvalue weighted by atomic mass is 9.96. The lowest BCUT2D eigenvalue weighted by Gasteiger charge is -2.32. The number of hydrogen-bond acceptors (Lipinski definition) is 3. The number of anilines is 1. The van der Waals surface area contributed by atoms with Gasteiger partial charge in [-0.3, -0.25) is 4.90 Å². The fraction of sp³-hybridized carbons (Fsp3) is 0.455. The van der Waals surface area contributed by atoms with Crippen LogP contribution < -0.4 is 11.1 Å². The standard InChI is InChI=1S/C22H29N3/c23-21-9-5-4-8-19(21)16-25-12-10-17(11-13-25)15-24-22-14-20(22)18-6-2-1-3-7-18/h1-9,17,20,22,24H,10-16,23H2/t20-,22+/m0/s1. The minimum atomic E-state index is 0.699. The normalized spacial score (nSPS) is 24.3. The average Bonchev–Trinajstić information content (AvgIpc) is 3.44. The summed E-state index contributed by atoms with van der Waals surface area (Å²) in [6, 6.07) is 19.9. The van der Waals surface area contributed by atoms with Crippen molar-refractivity contribution in [2.24, 2.45) is 5.92 Å². The Balaban J connectivity index is 1.18. The van der Waals surface area contributed by atoms with Crippen LogP contribution in [-0.2, 0) is 6.54 Å². The van der Waals surface area contributed by atoms with Gasteiger partial charge in [-0.25, -0.2) is 0 Å². The SMILES string of the molecule is Nc1ccccc1CN1CCC(CN[C@@H]2C[C@H]2c2ccccc2)CC1. The number of nitrogen functional groups attached to an aromatic ring is 1. The predicted molar refractivity (Wildman–Crippen MR) is 104 cm³/mol. The van der Waals surface area contributed by atoms with Gasteiger partial charge in [0.25, 0.3) is 0 Å². The van der Waals surface area contributed by atoms with Crippen LogP contribution in [0.1, 0.15) is 36.3 Å². The van der Waals surface area contributed by atoms with Crippen molar-refractivity contribution in [3.8, 4) is 0 Å². The number of nitrogens with zero attached hydrogens (tertiary/aromatic N) is 1. The summed E-state index contributed by atoms with van der Waals surface area (Å²) in [6.45, 7) is 4.54. The summed E-state index contributed by atoms with van der Waals surface area (Å²) in [5.41, 5.74) is 9.76. The van der Waals surface area contributed by atoms with Crippen molar-refractivity contribution in [3.05, 3.63) is 65.7 Å². The third kappa shape index (κ3) is 4.23. The van der Waals surface area contributed by atoms with E-state index < -0.39 is 0 Å². The number of likely N-dealkylation sites (tertiary alicyclic amines) is 1. The Bertz CT molecular complexity index is 677. The molecule has 2 aliphatic rings. The highest BCUT2D eigenvalue weighted by atomic mass is 15.1. The van der Waals surface area contributed by atoms with Crippen molar-refractivity contribution in [2.45, 2.75) is 37.8 Å². The van der Waals surface area contributed by atoms with Crippen LogP contribution in [0.25, 0.3) is 0 Å². The molecule has 1 saturated heterocycles. The Morgan fingerprint density at radius 2 is 1.68 bits per heavy atom. The Kier molecular flexibility index (Phi) is 5.04. The molecule has 0 aromatic heterocycles. The first-order valence-electron chi connectivity index (χ1n) is 9.63. The molecular formula is C22H29N3. The summed E-state index contributed by atoms with van der Waals surface area (Å²) in [7, 11) is 0. The third-order valence-electron chi connectivity index (χ3n) is 5.84. The van der Waals surface area contributed by atoms with E-state index in [2.05, 4.69) is 52.7 Å². The number of nitrogens with one attached hydrogen (secondary N) is 1. The van der Waals surface area contributed by atoms with E-state index in [0.717, 1.165) is 24.1 Å². The van der Waals surface area contributed by atoms with Crippen LogP contribution >= 0.6 is 0 Å². The number of nitrogens with two attached hydrogens (primary N) is 1. The van der Waals surface area contributed by atoms with E-state index >= 15 is 0 Å². The van der Waals surface area contributed by atoms with Gasteiger partial charge in [0.05, 0.1) is 0 Å². The highest BCUT2D eigenvalue weighted by Gasteiger charge is 2.38. The molecule has 1 aliphatic carbocycles. The fourth-order valence-electron chi connectivity index (χ4n) is 4.08. The van der Waals surface area contributed by atoms with E-state index in [9.17, 15) is 0 Å². The maximum absolute atomic E-state index is 6.08. The molecule has 2 fully saturated rings. The lowest BCUT2D eigenvalue weighted by Crippen LogP contribution is -2.37. The van der Waals surface area contributed by atoms with E-state index in [-0.39, 0.29) is 0 Å². The topological polar surface area (TPSA) is 41.3 Å². The molecule has 0 bridgehead atoms. The molecule has 2 aromatic carbocycles. The van der Waals surface area contributed by atoms with Crippen LogP contribution in [-0.4, -0.2) is 30.6 Å². The molecule has 1 saturated carbocycles. The number of rotatable bonds is 6. The van der Waals surface area contributed by atoms with Crippen LogP contribution in [0.5, 0.6) is 0 Å². The average molecular weight is 335 g/mol. The molecule has 0 unspecified atom stereocenters. The number of hydrogen-bond donors (Lipinski definition) is 2. The van der Waals surface area contributed by atoms with Crippen LogP contribution in [0.4, 0.5) is 5.69 Å². The summed E-state index contributed by atoms with van der Waals surface area (Å²) in [5.74, 6) is 1.56. The van der Waals surface area contributed by atoms with E-state index in [1.54, 1.807) is 0 Å². The first kappa shape index (κ1) is 16.6. The van der Waals surface area contributed by atoms with Crippen LogP contribution in [0.2, 0.25) is 0 Å². The van der Waals surface area contributed by atoms with Crippen molar-refractivity contribution in [3.63, 3.8) is 0 Å². The lowest BCUT2D eigenvalue weighted by molar-refractivity contribution is 0.175. The second kappa shape index (κ2) is 7.59. The van der Waals surface area contributed by atoms with Gasteiger partial charge in [0.15, 0.2) is 0 Å². The molecule has 2 atom stereocenters. The molecule has 3 N–H and O–H groups in total. The Morgan fingerprint density at radius 1 is 0.960 bits per heavy atom. The molecular weight excluding hydrogens is 306 g/mol. The zero-order valence-corrected chi connectivity index (χ0v) is 14.9. The Labute approximate surface area is 151 Å². The molecule has 0 spiro atoms. The maximum atomic E-state index is 6.08.